The number of benzene rings is 3. The van der Waals surface area contributed by atoms with Gasteiger partial charge in [0.1, 0.15) is 3.91 Å². The molecular weight excluding hydrogens is 384 g/mol. The van der Waals surface area contributed by atoms with Gasteiger partial charge in [0.15, 0.2) is 0 Å². The zero-order valence-electron chi connectivity index (χ0n) is 13.9. The minimum absolute atomic E-state index is 0.382. The van der Waals surface area contributed by atoms with Gasteiger partial charge in [0.05, 0.1) is 0 Å². The van der Waals surface area contributed by atoms with Gasteiger partial charge in [0, 0.05) is 14.7 Å². The highest BCUT2D eigenvalue weighted by atomic mass is 32.3. The molecule has 0 aliphatic rings. The van der Waals surface area contributed by atoms with E-state index in [1.54, 1.807) is 0 Å². The smallest absolute Gasteiger partial charge is 0.263 e. The van der Waals surface area contributed by atoms with Gasteiger partial charge in [-0.1, -0.05) is 89.9 Å². The van der Waals surface area contributed by atoms with Crippen LogP contribution in [0.5, 0.6) is 0 Å². The van der Waals surface area contributed by atoms with E-state index >= 15 is 0 Å². The average molecular weight is 405 g/mol. The number of hydrogen-bond donors (Lipinski definition) is 3. The Morgan fingerprint density at radius 1 is 0.462 bits per heavy atom. The van der Waals surface area contributed by atoms with Gasteiger partial charge in [-0.25, -0.2) is 0 Å². The zero-order chi connectivity index (χ0) is 18.6. The van der Waals surface area contributed by atoms with Crippen LogP contribution in [0.15, 0.2) is 106 Å². The SMILES string of the molecule is OC(O)O.c1ccc(SC(Sc2ccccc2)Sc2ccccc2)cc1. The van der Waals surface area contributed by atoms with E-state index < -0.39 is 6.48 Å². The summed E-state index contributed by atoms with van der Waals surface area (Å²) >= 11 is 5.71. The summed E-state index contributed by atoms with van der Waals surface area (Å²) in [6.45, 7) is -2.17. The molecule has 0 aliphatic carbocycles. The van der Waals surface area contributed by atoms with Gasteiger partial charge in [-0.15, -0.1) is 0 Å². The van der Waals surface area contributed by atoms with Crippen LogP contribution in [0.25, 0.3) is 0 Å². The van der Waals surface area contributed by atoms with Crippen LogP contribution in [0.3, 0.4) is 0 Å². The summed E-state index contributed by atoms with van der Waals surface area (Å²) in [6, 6.07) is 31.8. The Bertz CT molecular complexity index is 624. The van der Waals surface area contributed by atoms with Crippen LogP contribution in [0.4, 0.5) is 0 Å². The molecule has 0 bridgehead atoms. The second kappa shape index (κ2) is 12.1. The predicted octanol–water partition coefficient (Wildman–Crippen LogP) is 4.89. The minimum Gasteiger partial charge on any atom is -0.346 e. The molecule has 3 N–H and O–H groups in total. The van der Waals surface area contributed by atoms with E-state index in [-0.39, 0.29) is 0 Å². The summed E-state index contributed by atoms with van der Waals surface area (Å²) < 4.78 is 0.382. The van der Waals surface area contributed by atoms with E-state index in [0.29, 0.717) is 3.91 Å². The molecule has 6 heteroatoms. The lowest BCUT2D eigenvalue weighted by atomic mass is 10.4. The number of hydrogen-bond acceptors (Lipinski definition) is 6. The maximum Gasteiger partial charge on any atom is 0.263 e. The van der Waals surface area contributed by atoms with Gasteiger partial charge < -0.3 is 15.3 Å². The van der Waals surface area contributed by atoms with Gasteiger partial charge in [-0.3, -0.25) is 0 Å². The summed E-state index contributed by atoms with van der Waals surface area (Å²) in [7, 11) is 0. The summed E-state index contributed by atoms with van der Waals surface area (Å²) in [6.07, 6.45) is 0. The lowest BCUT2D eigenvalue weighted by Gasteiger charge is -2.16. The van der Waals surface area contributed by atoms with Crippen molar-refractivity contribution >= 4 is 35.3 Å². The molecule has 3 rings (SSSR count). The van der Waals surface area contributed by atoms with Crippen LogP contribution in [0.1, 0.15) is 0 Å². The molecule has 0 aromatic heterocycles. The highest BCUT2D eigenvalue weighted by Crippen LogP contribution is 2.44. The summed E-state index contributed by atoms with van der Waals surface area (Å²) in [5.41, 5.74) is 0. The van der Waals surface area contributed by atoms with E-state index in [4.69, 9.17) is 15.3 Å². The van der Waals surface area contributed by atoms with Crippen LogP contribution in [-0.4, -0.2) is 25.7 Å². The zero-order valence-corrected chi connectivity index (χ0v) is 16.3. The van der Waals surface area contributed by atoms with Crippen molar-refractivity contribution in [3.8, 4) is 0 Å². The second-order valence-electron chi connectivity index (χ2n) is 4.93. The molecule has 3 aromatic rings. The number of aliphatic hydroxyl groups is 3. The molecule has 0 unspecified atom stereocenters. The lowest BCUT2D eigenvalue weighted by molar-refractivity contribution is -0.198. The first-order chi connectivity index (χ1) is 12.6. The first-order valence-corrected chi connectivity index (χ1v) is 10.5. The fourth-order valence-corrected chi connectivity index (χ4v) is 6.09. The standard InChI is InChI=1S/C19H16S3.CH4O3/c1-4-10-16(11-5-1)20-19(21-17-12-6-2-7-13-17)22-18-14-8-3-9-15-18;2-1(3)4/h1-15,19H;1-4H. The van der Waals surface area contributed by atoms with Crippen molar-refractivity contribution in [2.75, 3.05) is 0 Å². The third-order valence-corrected chi connectivity index (χ3v) is 6.87. The Hall–Kier alpha value is -1.41. The van der Waals surface area contributed by atoms with Crippen molar-refractivity contribution in [1.29, 1.82) is 0 Å². The Balaban J connectivity index is 0.000000552. The van der Waals surface area contributed by atoms with E-state index in [2.05, 4.69) is 91.0 Å². The van der Waals surface area contributed by atoms with Gasteiger partial charge in [0.25, 0.3) is 6.48 Å². The highest BCUT2D eigenvalue weighted by molar-refractivity contribution is 8.32. The van der Waals surface area contributed by atoms with E-state index in [1.807, 2.05) is 35.3 Å². The Morgan fingerprint density at radius 3 is 0.923 bits per heavy atom. The fourth-order valence-electron chi connectivity index (χ4n) is 1.90. The first-order valence-electron chi connectivity index (χ1n) is 7.83. The van der Waals surface area contributed by atoms with Crippen LogP contribution >= 0.6 is 35.3 Å². The maximum absolute atomic E-state index is 7.17. The van der Waals surface area contributed by atoms with Gasteiger partial charge in [-0.05, 0) is 36.4 Å². The minimum atomic E-state index is -2.17. The normalized spacial score (nSPS) is 10.5. The second-order valence-corrected chi connectivity index (χ2v) is 9.36. The van der Waals surface area contributed by atoms with E-state index in [1.165, 1.54) is 14.7 Å². The molecule has 26 heavy (non-hydrogen) atoms. The molecule has 0 spiro atoms. The quantitative estimate of drug-likeness (QED) is 0.401. The number of rotatable bonds is 6. The average Bonchev–Trinajstić information content (AvgIpc) is 2.64. The first kappa shape index (κ1) is 20.9. The highest BCUT2D eigenvalue weighted by Gasteiger charge is 2.14. The summed E-state index contributed by atoms with van der Waals surface area (Å²) in [5.74, 6) is 0. The number of thioether (sulfide) groups is 3. The lowest BCUT2D eigenvalue weighted by Crippen LogP contribution is -1.98. The molecule has 3 aromatic carbocycles. The van der Waals surface area contributed by atoms with Crippen molar-refractivity contribution < 1.29 is 15.3 Å². The molecule has 0 fully saturated rings. The van der Waals surface area contributed by atoms with Crippen LogP contribution in [0, 0.1) is 0 Å². The Labute approximate surface area is 166 Å². The Kier molecular flexibility index (Phi) is 9.70. The monoisotopic (exact) mass is 404 g/mol. The molecular formula is C20H20O3S3. The predicted molar refractivity (Wildman–Crippen MR) is 111 cm³/mol. The van der Waals surface area contributed by atoms with E-state index in [0.717, 1.165) is 0 Å². The molecule has 3 nitrogen and oxygen atoms in total. The molecule has 0 atom stereocenters. The van der Waals surface area contributed by atoms with Crippen LogP contribution in [0.2, 0.25) is 0 Å². The summed E-state index contributed by atoms with van der Waals surface area (Å²) in [5, 5.41) is 21.5. The number of aliphatic hydroxyl groups excluding tert-OH is 1. The van der Waals surface area contributed by atoms with Gasteiger partial charge in [0.2, 0.25) is 0 Å². The largest absolute Gasteiger partial charge is 0.346 e. The third-order valence-electron chi connectivity index (χ3n) is 2.93. The molecule has 0 radical (unpaired) electrons. The fraction of sp³-hybridized carbons (Fsp3) is 0.100. The van der Waals surface area contributed by atoms with Crippen LogP contribution < -0.4 is 0 Å². The molecule has 0 heterocycles. The Morgan fingerprint density at radius 2 is 0.692 bits per heavy atom. The van der Waals surface area contributed by atoms with Crippen molar-refractivity contribution in [2.45, 2.75) is 25.1 Å². The molecule has 136 valence electrons. The van der Waals surface area contributed by atoms with Crippen molar-refractivity contribution in [3.63, 3.8) is 0 Å². The van der Waals surface area contributed by atoms with E-state index in [9.17, 15) is 0 Å². The van der Waals surface area contributed by atoms with Crippen molar-refractivity contribution in [3.05, 3.63) is 91.0 Å². The molecule has 0 saturated heterocycles. The maximum atomic E-state index is 7.17. The third kappa shape index (κ3) is 8.80. The molecule has 0 amide bonds. The van der Waals surface area contributed by atoms with Crippen molar-refractivity contribution in [1.82, 2.24) is 0 Å². The molecule has 0 aliphatic heterocycles. The van der Waals surface area contributed by atoms with Crippen LogP contribution in [-0.2, 0) is 0 Å². The topological polar surface area (TPSA) is 60.7 Å². The van der Waals surface area contributed by atoms with Gasteiger partial charge in [-0.2, -0.15) is 0 Å². The van der Waals surface area contributed by atoms with Gasteiger partial charge >= 0.3 is 0 Å². The van der Waals surface area contributed by atoms with Crippen molar-refractivity contribution in [2.24, 2.45) is 0 Å². The molecule has 0 saturated carbocycles. The summed E-state index contributed by atoms with van der Waals surface area (Å²) in [4.78, 5) is 3.91.